The second kappa shape index (κ2) is 9.17. The van der Waals surface area contributed by atoms with Gasteiger partial charge in [0.05, 0.1) is 19.5 Å². The Bertz CT molecular complexity index is 652. The van der Waals surface area contributed by atoms with Crippen LogP contribution in [0.1, 0.15) is 12.0 Å². The number of hydrogen-bond acceptors (Lipinski definition) is 5. The van der Waals surface area contributed by atoms with Crippen LogP contribution in [-0.4, -0.2) is 76.3 Å². The van der Waals surface area contributed by atoms with Crippen LogP contribution >= 0.6 is 0 Å². The largest absolute Gasteiger partial charge is 0.497 e. The molecular weight excluding hydrogens is 344 g/mol. The molecule has 0 N–H and O–H groups in total. The molecule has 1 heterocycles. The predicted octanol–water partition coefficient (Wildman–Crippen LogP) is 0.748. The molecule has 0 radical (unpaired) electrons. The molecular formula is C17H26N2O5S. The molecule has 7 nitrogen and oxygen atoms in total. The first-order chi connectivity index (χ1) is 12.0. The van der Waals surface area contributed by atoms with Crippen molar-refractivity contribution in [3.05, 3.63) is 29.8 Å². The third-order valence-electron chi connectivity index (χ3n) is 4.32. The smallest absolute Gasteiger partial charge is 0.222 e. The minimum absolute atomic E-state index is 0.0189. The molecule has 0 spiro atoms. The molecule has 1 aromatic rings. The minimum atomic E-state index is -3.30. The topological polar surface area (TPSA) is 76.2 Å². The van der Waals surface area contributed by atoms with Gasteiger partial charge >= 0.3 is 0 Å². The molecule has 1 aliphatic heterocycles. The van der Waals surface area contributed by atoms with Crippen molar-refractivity contribution in [1.82, 2.24) is 9.21 Å². The van der Waals surface area contributed by atoms with E-state index in [0.29, 0.717) is 39.0 Å². The van der Waals surface area contributed by atoms with Crippen LogP contribution in [0.5, 0.6) is 5.75 Å². The molecule has 0 bridgehead atoms. The van der Waals surface area contributed by atoms with Gasteiger partial charge in [-0.1, -0.05) is 12.1 Å². The summed E-state index contributed by atoms with van der Waals surface area (Å²) in [5.74, 6) is 0.834. The van der Waals surface area contributed by atoms with Crippen molar-refractivity contribution in [2.75, 3.05) is 52.8 Å². The first-order valence-electron chi connectivity index (χ1n) is 8.33. The summed E-state index contributed by atoms with van der Waals surface area (Å²) < 4.78 is 35.6. The van der Waals surface area contributed by atoms with Crippen molar-refractivity contribution in [1.29, 1.82) is 0 Å². The summed E-state index contributed by atoms with van der Waals surface area (Å²) in [6.45, 7) is 1.76. The number of amides is 1. The third kappa shape index (κ3) is 5.69. The van der Waals surface area contributed by atoms with Crippen LogP contribution in [0.25, 0.3) is 0 Å². The molecule has 1 aliphatic rings. The van der Waals surface area contributed by atoms with Gasteiger partial charge in [0.25, 0.3) is 0 Å². The van der Waals surface area contributed by atoms with E-state index in [1.54, 1.807) is 12.0 Å². The lowest BCUT2D eigenvalue weighted by Gasteiger charge is -2.34. The monoisotopic (exact) mass is 370 g/mol. The Morgan fingerprint density at radius 2 is 1.72 bits per heavy atom. The summed E-state index contributed by atoms with van der Waals surface area (Å²) in [6.07, 6.45) is 1.08. The Morgan fingerprint density at radius 1 is 1.08 bits per heavy atom. The summed E-state index contributed by atoms with van der Waals surface area (Å²) in [4.78, 5) is 14.1. The first kappa shape index (κ1) is 19.7. The summed E-state index contributed by atoms with van der Waals surface area (Å²) in [7, 11) is -0.198. The van der Waals surface area contributed by atoms with Gasteiger partial charge in [0.2, 0.25) is 15.9 Å². The van der Waals surface area contributed by atoms with Crippen LogP contribution < -0.4 is 4.74 Å². The Kier molecular flexibility index (Phi) is 7.22. The maximum Gasteiger partial charge on any atom is 0.222 e. The van der Waals surface area contributed by atoms with Gasteiger partial charge in [0.15, 0.2) is 0 Å². The molecule has 0 unspecified atom stereocenters. The second-order valence-corrected chi connectivity index (χ2v) is 8.03. The normalized spacial score (nSPS) is 16.0. The number of ether oxygens (including phenoxy) is 2. The highest BCUT2D eigenvalue weighted by Crippen LogP contribution is 2.14. The lowest BCUT2D eigenvalue weighted by Crippen LogP contribution is -2.51. The predicted molar refractivity (Wildman–Crippen MR) is 95.1 cm³/mol. The van der Waals surface area contributed by atoms with E-state index >= 15 is 0 Å². The fourth-order valence-corrected chi connectivity index (χ4v) is 4.09. The van der Waals surface area contributed by atoms with Gasteiger partial charge in [-0.2, -0.15) is 4.31 Å². The number of benzene rings is 1. The Hall–Kier alpha value is -1.64. The number of aryl methyl sites for hydroxylation is 1. The molecule has 0 atom stereocenters. The van der Waals surface area contributed by atoms with Crippen LogP contribution in [0.4, 0.5) is 0 Å². The summed E-state index contributed by atoms with van der Waals surface area (Å²) in [5.41, 5.74) is 1.08. The average Bonchev–Trinajstić information content (AvgIpc) is 2.65. The average molecular weight is 370 g/mol. The number of methoxy groups -OCH3 is 2. The second-order valence-electron chi connectivity index (χ2n) is 5.94. The van der Waals surface area contributed by atoms with Crippen molar-refractivity contribution < 1.29 is 22.7 Å². The van der Waals surface area contributed by atoms with Crippen LogP contribution in [0.15, 0.2) is 24.3 Å². The first-order valence-corrected chi connectivity index (χ1v) is 9.94. The highest BCUT2D eigenvalue weighted by molar-refractivity contribution is 7.89. The van der Waals surface area contributed by atoms with Gasteiger partial charge < -0.3 is 14.4 Å². The molecule has 8 heteroatoms. The van der Waals surface area contributed by atoms with E-state index in [2.05, 4.69) is 0 Å². The number of hydrogen-bond donors (Lipinski definition) is 0. The maximum atomic E-state index is 12.3. The number of sulfonamides is 1. The third-order valence-corrected chi connectivity index (χ3v) is 6.15. The zero-order chi connectivity index (χ0) is 18.3. The summed E-state index contributed by atoms with van der Waals surface area (Å²) in [5, 5.41) is 0. The number of nitrogens with zero attached hydrogens (tertiary/aromatic N) is 2. The molecule has 25 heavy (non-hydrogen) atoms. The zero-order valence-corrected chi connectivity index (χ0v) is 15.6. The van der Waals surface area contributed by atoms with E-state index in [1.165, 1.54) is 11.4 Å². The van der Waals surface area contributed by atoms with Gasteiger partial charge in [0, 0.05) is 39.7 Å². The molecule has 2 rings (SSSR count). The van der Waals surface area contributed by atoms with E-state index in [-0.39, 0.29) is 18.3 Å². The van der Waals surface area contributed by atoms with Gasteiger partial charge in [-0.15, -0.1) is 0 Å². The summed E-state index contributed by atoms with van der Waals surface area (Å²) >= 11 is 0. The van der Waals surface area contributed by atoms with Crippen LogP contribution in [0, 0.1) is 0 Å². The van der Waals surface area contributed by atoms with Crippen molar-refractivity contribution >= 4 is 15.9 Å². The van der Waals surface area contributed by atoms with Gasteiger partial charge in [0.1, 0.15) is 5.75 Å². The fourth-order valence-electron chi connectivity index (χ4n) is 2.74. The van der Waals surface area contributed by atoms with E-state index in [1.807, 2.05) is 24.3 Å². The van der Waals surface area contributed by atoms with E-state index in [0.717, 1.165) is 11.3 Å². The van der Waals surface area contributed by atoms with Gasteiger partial charge in [-0.05, 0) is 24.1 Å². The molecule has 0 aliphatic carbocycles. The Morgan fingerprint density at radius 3 is 2.28 bits per heavy atom. The van der Waals surface area contributed by atoms with Crippen LogP contribution in [-0.2, 0) is 26.0 Å². The van der Waals surface area contributed by atoms with E-state index in [9.17, 15) is 13.2 Å². The number of rotatable bonds is 8. The highest BCUT2D eigenvalue weighted by atomic mass is 32.2. The molecule has 0 aromatic heterocycles. The van der Waals surface area contributed by atoms with Crippen LogP contribution in [0.2, 0.25) is 0 Å². The van der Waals surface area contributed by atoms with Crippen molar-refractivity contribution in [3.8, 4) is 5.75 Å². The molecule has 140 valence electrons. The standard InChI is InChI=1S/C17H26N2O5S/c1-23-13-14-25(21,22)19-11-9-18(10-12-19)17(20)8-5-15-3-6-16(24-2)7-4-15/h3-4,6-7H,5,8-14H2,1-2H3. The minimum Gasteiger partial charge on any atom is -0.497 e. The lowest BCUT2D eigenvalue weighted by atomic mass is 10.1. The van der Waals surface area contributed by atoms with E-state index in [4.69, 9.17) is 9.47 Å². The number of carbonyl (C=O) groups is 1. The highest BCUT2D eigenvalue weighted by Gasteiger charge is 2.28. The number of carbonyl (C=O) groups excluding carboxylic acids is 1. The molecule has 1 amide bonds. The van der Waals surface area contributed by atoms with Crippen LogP contribution in [0.3, 0.4) is 0 Å². The molecule has 1 fully saturated rings. The summed E-state index contributed by atoms with van der Waals surface area (Å²) in [6, 6.07) is 7.66. The number of piperazine rings is 1. The fraction of sp³-hybridized carbons (Fsp3) is 0.588. The molecule has 1 saturated heterocycles. The maximum absolute atomic E-state index is 12.3. The SMILES string of the molecule is COCCS(=O)(=O)N1CCN(C(=O)CCc2ccc(OC)cc2)CC1. The lowest BCUT2D eigenvalue weighted by molar-refractivity contribution is -0.132. The van der Waals surface area contributed by atoms with Gasteiger partial charge in [-0.3, -0.25) is 4.79 Å². The quantitative estimate of drug-likeness (QED) is 0.675. The molecule has 0 saturated carbocycles. The van der Waals surface area contributed by atoms with Crippen molar-refractivity contribution in [2.45, 2.75) is 12.8 Å². The van der Waals surface area contributed by atoms with Crippen molar-refractivity contribution in [2.24, 2.45) is 0 Å². The van der Waals surface area contributed by atoms with Gasteiger partial charge in [-0.25, -0.2) is 8.42 Å². The molecule has 1 aromatic carbocycles. The van der Waals surface area contributed by atoms with Crippen molar-refractivity contribution in [3.63, 3.8) is 0 Å². The Balaban J connectivity index is 1.78. The van der Waals surface area contributed by atoms with E-state index < -0.39 is 10.0 Å². The Labute approximate surface area is 149 Å². The zero-order valence-electron chi connectivity index (χ0n) is 14.8.